The molecule has 3 aromatic carbocycles. The van der Waals surface area contributed by atoms with Gasteiger partial charge in [0.1, 0.15) is 5.75 Å². The highest BCUT2D eigenvalue weighted by Crippen LogP contribution is 2.30. The van der Waals surface area contributed by atoms with Crippen molar-refractivity contribution in [2.75, 3.05) is 7.11 Å². The van der Waals surface area contributed by atoms with Gasteiger partial charge in [-0.3, -0.25) is 4.98 Å². The van der Waals surface area contributed by atoms with Crippen LogP contribution in [0.3, 0.4) is 0 Å². The van der Waals surface area contributed by atoms with Crippen LogP contribution in [-0.2, 0) is 6.54 Å². The first kappa shape index (κ1) is 18.2. The molecule has 0 fully saturated rings. The van der Waals surface area contributed by atoms with Crippen LogP contribution < -0.4 is 10.1 Å². The SMILES string of the molecule is COc1ccc(CNC(C)c2cccc3ccccc23)cc1-c1ccccn1. The smallest absolute Gasteiger partial charge is 0.128 e. The summed E-state index contributed by atoms with van der Waals surface area (Å²) in [6.45, 7) is 2.99. The third-order valence-corrected chi connectivity index (χ3v) is 5.11. The van der Waals surface area contributed by atoms with E-state index in [4.69, 9.17) is 4.74 Å². The van der Waals surface area contributed by atoms with Crippen LogP contribution in [0, 0.1) is 0 Å². The molecule has 0 bridgehead atoms. The highest BCUT2D eigenvalue weighted by atomic mass is 16.5. The standard InChI is InChI=1S/C25H24N2O/c1-18(21-11-7-9-20-8-3-4-10-22(20)21)27-17-19-13-14-25(28-2)23(16-19)24-12-5-6-15-26-24/h3-16,18,27H,17H2,1-2H3. The second-order valence-corrected chi connectivity index (χ2v) is 6.92. The Bertz CT molecular complexity index is 1070. The van der Waals surface area contributed by atoms with Crippen LogP contribution in [0.15, 0.2) is 85.1 Å². The van der Waals surface area contributed by atoms with Crippen LogP contribution in [0.1, 0.15) is 24.1 Å². The zero-order chi connectivity index (χ0) is 19.3. The number of benzene rings is 3. The van der Waals surface area contributed by atoms with Crippen molar-refractivity contribution in [2.24, 2.45) is 0 Å². The van der Waals surface area contributed by atoms with E-state index in [2.05, 4.69) is 71.8 Å². The average molecular weight is 368 g/mol. The summed E-state index contributed by atoms with van der Waals surface area (Å²) in [5.74, 6) is 0.838. The predicted octanol–water partition coefficient (Wildman–Crippen LogP) is 5.76. The molecule has 140 valence electrons. The summed E-state index contributed by atoms with van der Waals surface area (Å²) in [7, 11) is 1.70. The maximum atomic E-state index is 5.54. The Balaban J connectivity index is 1.56. The molecular formula is C25H24N2O. The Morgan fingerprint density at radius 2 is 1.75 bits per heavy atom. The minimum absolute atomic E-state index is 0.242. The molecule has 3 nitrogen and oxygen atoms in total. The summed E-state index contributed by atoms with van der Waals surface area (Å²) in [6.07, 6.45) is 1.81. The minimum atomic E-state index is 0.242. The molecule has 1 heterocycles. The Morgan fingerprint density at radius 3 is 2.57 bits per heavy atom. The number of nitrogens with zero attached hydrogens (tertiary/aromatic N) is 1. The summed E-state index contributed by atoms with van der Waals surface area (Å²) >= 11 is 0. The number of rotatable bonds is 6. The molecule has 0 amide bonds. The van der Waals surface area contributed by atoms with E-state index < -0.39 is 0 Å². The van der Waals surface area contributed by atoms with Gasteiger partial charge in [-0.05, 0) is 53.1 Å². The van der Waals surface area contributed by atoms with Crippen LogP contribution >= 0.6 is 0 Å². The molecule has 1 aromatic heterocycles. The molecule has 28 heavy (non-hydrogen) atoms. The van der Waals surface area contributed by atoms with E-state index in [1.165, 1.54) is 21.9 Å². The van der Waals surface area contributed by atoms with Gasteiger partial charge in [0.2, 0.25) is 0 Å². The second-order valence-electron chi connectivity index (χ2n) is 6.92. The van der Waals surface area contributed by atoms with E-state index in [0.717, 1.165) is 23.6 Å². The van der Waals surface area contributed by atoms with Gasteiger partial charge in [-0.15, -0.1) is 0 Å². The van der Waals surface area contributed by atoms with Gasteiger partial charge in [0.15, 0.2) is 0 Å². The van der Waals surface area contributed by atoms with Gasteiger partial charge >= 0.3 is 0 Å². The first-order valence-electron chi connectivity index (χ1n) is 9.55. The molecule has 0 aliphatic rings. The maximum Gasteiger partial charge on any atom is 0.128 e. The highest BCUT2D eigenvalue weighted by Gasteiger charge is 2.11. The number of methoxy groups -OCH3 is 1. The Labute approximate surface area is 166 Å². The van der Waals surface area contributed by atoms with E-state index in [1.807, 2.05) is 30.5 Å². The van der Waals surface area contributed by atoms with E-state index >= 15 is 0 Å². The zero-order valence-corrected chi connectivity index (χ0v) is 16.2. The van der Waals surface area contributed by atoms with Crippen LogP contribution in [0.2, 0.25) is 0 Å². The number of aromatic nitrogens is 1. The Hall–Kier alpha value is -3.17. The predicted molar refractivity (Wildman–Crippen MR) is 115 cm³/mol. The Morgan fingerprint density at radius 1 is 0.929 bits per heavy atom. The molecule has 0 aliphatic carbocycles. The summed E-state index contributed by atoms with van der Waals surface area (Å²) < 4.78 is 5.54. The maximum absolute atomic E-state index is 5.54. The minimum Gasteiger partial charge on any atom is -0.496 e. The van der Waals surface area contributed by atoms with Crippen LogP contribution in [0.4, 0.5) is 0 Å². The third-order valence-electron chi connectivity index (χ3n) is 5.11. The van der Waals surface area contributed by atoms with E-state index in [0.29, 0.717) is 0 Å². The summed E-state index contributed by atoms with van der Waals surface area (Å²) in [5, 5.41) is 6.24. The van der Waals surface area contributed by atoms with Gasteiger partial charge in [0, 0.05) is 24.3 Å². The van der Waals surface area contributed by atoms with Gasteiger partial charge in [-0.2, -0.15) is 0 Å². The van der Waals surface area contributed by atoms with Crippen LogP contribution in [0.25, 0.3) is 22.0 Å². The van der Waals surface area contributed by atoms with Crippen molar-refractivity contribution in [1.29, 1.82) is 0 Å². The van der Waals surface area contributed by atoms with Gasteiger partial charge in [0.05, 0.1) is 12.8 Å². The number of ether oxygens (including phenoxy) is 1. The fourth-order valence-electron chi connectivity index (χ4n) is 3.60. The van der Waals surface area contributed by atoms with Gasteiger partial charge in [-0.25, -0.2) is 0 Å². The third kappa shape index (κ3) is 3.75. The second kappa shape index (κ2) is 8.24. The fourth-order valence-corrected chi connectivity index (χ4v) is 3.60. The summed E-state index contributed by atoms with van der Waals surface area (Å²) in [5.41, 5.74) is 4.45. The number of hydrogen-bond donors (Lipinski definition) is 1. The average Bonchev–Trinajstić information content (AvgIpc) is 2.77. The normalized spacial score (nSPS) is 12.1. The van der Waals surface area contributed by atoms with Crippen molar-refractivity contribution in [2.45, 2.75) is 19.5 Å². The Kier molecular flexibility index (Phi) is 5.36. The molecule has 1 unspecified atom stereocenters. The van der Waals surface area contributed by atoms with Crippen molar-refractivity contribution >= 4 is 10.8 Å². The molecule has 4 aromatic rings. The topological polar surface area (TPSA) is 34.1 Å². The van der Waals surface area contributed by atoms with Crippen LogP contribution in [-0.4, -0.2) is 12.1 Å². The van der Waals surface area contributed by atoms with E-state index in [1.54, 1.807) is 7.11 Å². The van der Waals surface area contributed by atoms with Crippen molar-refractivity contribution in [3.63, 3.8) is 0 Å². The molecule has 0 spiro atoms. The van der Waals surface area contributed by atoms with Gasteiger partial charge < -0.3 is 10.1 Å². The molecule has 0 radical (unpaired) electrons. The van der Waals surface area contributed by atoms with E-state index in [-0.39, 0.29) is 6.04 Å². The summed E-state index contributed by atoms with van der Waals surface area (Å²) in [6, 6.07) is 27.5. The molecule has 1 N–H and O–H groups in total. The highest BCUT2D eigenvalue weighted by molar-refractivity contribution is 5.86. The molecule has 4 rings (SSSR count). The molecule has 0 saturated heterocycles. The lowest BCUT2D eigenvalue weighted by atomic mass is 9.99. The number of pyridine rings is 1. The van der Waals surface area contributed by atoms with Crippen LogP contribution in [0.5, 0.6) is 5.75 Å². The van der Waals surface area contributed by atoms with Gasteiger partial charge in [0.25, 0.3) is 0 Å². The molecule has 1 atom stereocenters. The first-order chi connectivity index (χ1) is 13.8. The number of fused-ring (bicyclic) bond motifs is 1. The molecule has 0 saturated carbocycles. The zero-order valence-electron chi connectivity index (χ0n) is 16.2. The quantitative estimate of drug-likeness (QED) is 0.470. The number of nitrogens with one attached hydrogen (secondary N) is 1. The van der Waals surface area contributed by atoms with Gasteiger partial charge in [-0.1, -0.05) is 54.6 Å². The fraction of sp³-hybridized carbons (Fsp3) is 0.160. The number of hydrogen-bond acceptors (Lipinski definition) is 3. The monoisotopic (exact) mass is 368 g/mol. The summed E-state index contributed by atoms with van der Waals surface area (Å²) in [4.78, 5) is 4.48. The van der Waals surface area contributed by atoms with Crippen molar-refractivity contribution in [3.05, 3.63) is 96.2 Å². The lowest BCUT2D eigenvalue weighted by Crippen LogP contribution is -2.18. The molecule has 0 aliphatic heterocycles. The molecule has 3 heteroatoms. The molecular weight excluding hydrogens is 344 g/mol. The lowest BCUT2D eigenvalue weighted by molar-refractivity contribution is 0.416. The van der Waals surface area contributed by atoms with E-state index in [9.17, 15) is 0 Å². The van der Waals surface area contributed by atoms with Crippen molar-refractivity contribution in [3.8, 4) is 17.0 Å². The van der Waals surface area contributed by atoms with Crippen molar-refractivity contribution in [1.82, 2.24) is 10.3 Å². The lowest BCUT2D eigenvalue weighted by Gasteiger charge is -2.17. The largest absolute Gasteiger partial charge is 0.496 e. The first-order valence-corrected chi connectivity index (χ1v) is 9.55. The van der Waals surface area contributed by atoms with Crippen molar-refractivity contribution < 1.29 is 4.74 Å².